The van der Waals surface area contributed by atoms with E-state index >= 15 is 8.63 Å². The zero-order valence-electron chi connectivity index (χ0n) is 28.9. The number of fused-ring (bicyclic) bond motifs is 2. The summed E-state index contributed by atoms with van der Waals surface area (Å²) in [5, 5.41) is 11.1. The number of aliphatic carboxylic acids is 1. The molecule has 12 nitrogen and oxygen atoms in total. The lowest BCUT2D eigenvalue weighted by molar-refractivity contribution is -0.870. The van der Waals surface area contributed by atoms with E-state index in [0.717, 1.165) is 38.6 Å². The van der Waals surface area contributed by atoms with Crippen LogP contribution in [0.5, 0.6) is 5.75 Å². The minimum atomic E-state index is -4.85. The fraction of sp³-hybridized carbons (Fsp3) is 0.343. The number of carboxylic acid groups (broad SMARTS) is 1. The summed E-state index contributed by atoms with van der Waals surface area (Å²) in [5.41, 5.74) is 4.82. The zero-order chi connectivity index (χ0) is 37.1. The van der Waals surface area contributed by atoms with E-state index in [1.807, 2.05) is 24.4 Å². The van der Waals surface area contributed by atoms with E-state index in [0.29, 0.717) is 40.7 Å². The fourth-order valence-corrected chi connectivity index (χ4v) is 6.89. The van der Waals surface area contributed by atoms with E-state index < -0.39 is 40.8 Å². The molecule has 3 aromatic rings. The largest absolute Gasteiger partial charge is 0.748 e. The number of H-pyrrole nitrogens is 1. The van der Waals surface area contributed by atoms with E-state index in [2.05, 4.69) is 26.1 Å². The fourth-order valence-electron chi connectivity index (χ4n) is 6.25. The molecule has 51 heavy (non-hydrogen) atoms. The second-order valence-electron chi connectivity index (χ2n) is 13.8. The van der Waals surface area contributed by atoms with Gasteiger partial charge in [-0.2, -0.15) is 0 Å². The van der Waals surface area contributed by atoms with Gasteiger partial charge < -0.3 is 46.8 Å². The van der Waals surface area contributed by atoms with Gasteiger partial charge in [0.05, 0.1) is 50.2 Å². The first-order valence-electron chi connectivity index (χ1n) is 16.6. The van der Waals surface area contributed by atoms with Crippen molar-refractivity contribution in [2.24, 2.45) is 0 Å². The Hall–Kier alpha value is -4.80. The molecule has 1 unspecified atom stereocenters. The Morgan fingerprint density at radius 1 is 1.14 bits per heavy atom. The van der Waals surface area contributed by atoms with Crippen molar-refractivity contribution in [3.63, 3.8) is 0 Å². The quantitative estimate of drug-likeness (QED) is 0.0870. The second kappa shape index (κ2) is 14.8. The minimum Gasteiger partial charge on any atom is -0.748 e. The molecule has 1 aromatic carbocycles. The molecule has 2 aliphatic rings. The monoisotopic (exact) mass is 725 g/mol. The first-order valence-corrected chi connectivity index (χ1v) is 18.1. The SMILES string of the molecule is Cc1cc(C=Cc2ccc(OCCCC(=O)NC(CS(=O)(=O)[O-])C(=O)O)cc2)n2c1C=C1C(CCC[N+](C)(C)C)=CC(c3ccc[nH]3)=[N+]1[B-]2(F)F. The number of aromatic amines is 1. The zero-order valence-corrected chi connectivity index (χ0v) is 29.8. The molecule has 0 spiro atoms. The topological polar surface area (TPSA) is 157 Å². The minimum absolute atomic E-state index is 0.104. The lowest BCUT2D eigenvalue weighted by Gasteiger charge is -2.31. The number of nitrogens with one attached hydrogen (secondary N) is 2. The third-order valence-corrected chi connectivity index (χ3v) is 9.40. The molecule has 0 bridgehead atoms. The number of benzene rings is 1. The lowest BCUT2D eigenvalue weighted by atomic mass is 9.88. The number of carbonyl (C=O) groups excluding carboxylic acids is 1. The number of halogens is 2. The van der Waals surface area contributed by atoms with Crippen LogP contribution in [0.15, 0.2) is 66.0 Å². The summed E-state index contributed by atoms with van der Waals surface area (Å²) in [4.78, 5) is 26.3. The molecule has 2 aromatic heterocycles. The molecule has 0 aliphatic carbocycles. The second-order valence-corrected chi connectivity index (χ2v) is 15.2. The van der Waals surface area contributed by atoms with Crippen molar-refractivity contribution < 1.29 is 50.0 Å². The molecular formula is C35H42BF2N5O7S. The highest BCUT2D eigenvalue weighted by atomic mass is 32.2. The summed E-state index contributed by atoms with van der Waals surface area (Å²) < 4.78 is 75.0. The lowest BCUT2D eigenvalue weighted by Crippen LogP contribution is -2.51. The van der Waals surface area contributed by atoms with Crippen LogP contribution in [0.2, 0.25) is 0 Å². The first kappa shape index (κ1) is 37.5. The van der Waals surface area contributed by atoms with E-state index in [4.69, 9.17) is 9.84 Å². The van der Waals surface area contributed by atoms with Crippen molar-refractivity contribution in [2.75, 3.05) is 40.0 Å². The molecule has 0 saturated heterocycles. The number of hydrogen-bond acceptors (Lipinski definition) is 6. The van der Waals surface area contributed by atoms with Crippen molar-refractivity contribution in [1.29, 1.82) is 0 Å². The maximum Gasteiger partial charge on any atom is 0.737 e. The van der Waals surface area contributed by atoms with Crippen LogP contribution in [0.4, 0.5) is 8.63 Å². The predicted octanol–water partition coefficient (Wildman–Crippen LogP) is 4.07. The van der Waals surface area contributed by atoms with Gasteiger partial charge in [-0.15, -0.1) is 0 Å². The molecule has 2 aliphatic heterocycles. The van der Waals surface area contributed by atoms with Crippen LogP contribution in [0.3, 0.4) is 0 Å². The number of allylic oxidation sites excluding steroid dienone is 2. The van der Waals surface area contributed by atoms with Crippen molar-refractivity contribution in [1.82, 2.24) is 14.8 Å². The highest BCUT2D eigenvalue weighted by molar-refractivity contribution is 7.85. The van der Waals surface area contributed by atoms with Gasteiger partial charge in [0.25, 0.3) is 0 Å². The number of rotatable bonds is 16. The van der Waals surface area contributed by atoms with Gasteiger partial charge in [-0.1, -0.05) is 18.2 Å². The Labute approximate surface area is 295 Å². The molecular weight excluding hydrogens is 683 g/mol. The Morgan fingerprint density at radius 2 is 1.86 bits per heavy atom. The van der Waals surface area contributed by atoms with E-state index in [9.17, 15) is 22.6 Å². The Bertz CT molecular complexity index is 2030. The number of carbonyl (C=O) groups is 2. The number of ether oxygens (including phenoxy) is 1. The van der Waals surface area contributed by atoms with Crippen LogP contribution in [0, 0.1) is 6.92 Å². The molecule has 16 heteroatoms. The standard InChI is InChI=1S/C35H42BF2N5O7S/c1-24-20-27(14-11-25-12-15-28(16-13-25)50-19-7-10-34(44)40-30(35(45)46)23-51(47,48)49)41-31(24)22-32-26(8-6-18-43(2,3)4)21-33(29-9-5-17-39-29)42(32)36(41,37)38/h5,9,11-17,20-22,30,39H,6-8,10,18-19,23H2,1-4H3,(H2-,40,44,45,46,47,48,49). The number of amides is 1. The van der Waals surface area contributed by atoms with E-state index in [-0.39, 0.29) is 19.4 Å². The maximum atomic E-state index is 16.8. The van der Waals surface area contributed by atoms with Gasteiger partial charge in [-0.25, -0.2) is 13.2 Å². The summed E-state index contributed by atoms with van der Waals surface area (Å²) in [5.74, 6) is -3.11. The highest BCUT2D eigenvalue weighted by Crippen LogP contribution is 2.39. The third kappa shape index (κ3) is 9.12. The first-order chi connectivity index (χ1) is 23.9. The summed E-state index contributed by atoms with van der Waals surface area (Å²) in [6.07, 6.45) is 10.5. The van der Waals surface area contributed by atoms with Crippen molar-refractivity contribution in [3.05, 3.63) is 94.2 Å². The third-order valence-electron chi connectivity index (χ3n) is 8.66. The van der Waals surface area contributed by atoms with Gasteiger partial charge in [0.1, 0.15) is 17.5 Å². The summed E-state index contributed by atoms with van der Waals surface area (Å²) in [6, 6.07) is 10.4. The average molecular weight is 726 g/mol. The Morgan fingerprint density at radius 3 is 2.49 bits per heavy atom. The number of aryl methyl sites for hydroxylation is 1. The number of quaternary nitrogens is 1. The van der Waals surface area contributed by atoms with Crippen molar-refractivity contribution in [3.8, 4) is 5.75 Å². The Kier molecular flexibility index (Phi) is 10.9. The normalized spacial score (nSPS) is 16.1. The summed E-state index contributed by atoms with van der Waals surface area (Å²) in [7, 11) is 1.51. The maximum absolute atomic E-state index is 16.8. The predicted molar refractivity (Wildman–Crippen MR) is 190 cm³/mol. The van der Waals surface area contributed by atoms with Gasteiger partial charge in [0.15, 0.2) is 11.4 Å². The van der Waals surface area contributed by atoms with E-state index in [1.165, 1.54) is 4.49 Å². The molecule has 0 radical (unpaired) electrons. The molecule has 1 atom stereocenters. The molecule has 0 fully saturated rings. The van der Waals surface area contributed by atoms with Crippen LogP contribution in [0.1, 0.15) is 53.9 Å². The van der Waals surface area contributed by atoms with Gasteiger partial charge in [-0.3, -0.25) is 4.79 Å². The van der Waals surface area contributed by atoms with Crippen LogP contribution in [-0.2, 0) is 19.7 Å². The van der Waals surface area contributed by atoms with Crippen molar-refractivity contribution >= 4 is 52.9 Å². The average Bonchev–Trinajstić information content (AvgIpc) is 3.76. The number of carboxylic acids is 1. The van der Waals surface area contributed by atoms with Crippen LogP contribution < -0.4 is 10.1 Å². The van der Waals surface area contributed by atoms with Crippen LogP contribution in [-0.4, -0.2) is 107 Å². The number of hydrogen-bond donors (Lipinski definition) is 3. The molecule has 1 amide bonds. The summed E-state index contributed by atoms with van der Waals surface area (Å²) in [6.45, 7) is -1.40. The van der Waals surface area contributed by atoms with Crippen molar-refractivity contribution in [2.45, 2.75) is 38.6 Å². The Balaban J connectivity index is 1.27. The van der Waals surface area contributed by atoms with Gasteiger partial charge in [-0.05, 0) is 67.3 Å². The molecule has 5 rings (SSSR count). The van der Waals surface area contributed by atoms with Crippen LogP contribution in [0.25, 0.3) is 18.2 Å². The van der Waals surface area contributed by atoms with Gasteiger partial charge in [0.2, 0.25) is 5.91 Å². The highest BCUT2D eigenvalue weighted by Gasteiger charge is 2.54. The smallest absolute Gasteiger partial charge is 0.737 e. The van der Waals surface area contributed by atoms with Gasteiger partial charge in [0, 0.05) is 48.2 Å². The molecule has 0 saturated carbocycles. The van der Waals surface area contributed by atoms with Gasteiger partial charge >= 0.3 is 12.9 Å². The summed E-state index contributed by atoms with van der Waals surface area (Å²) >= 11 is 0. The molecule has 4 heterocycles. The van der Waals surface area contributed by atoms with E-state index in [1.54, 1.807) is 60.8 Å². The number of nitrogens with zero attached hydrogens (tertiary/aromatic N) is 3. The molecule has 3 N–H and O–H groups in total. The van der Waals surface area contributed by atoms with Crippen LogP contribution >= 0.6 is 0 Å². The molecule has 272 valence electrons. The number of aromatic nitrogens is 2.